The molecule has 3 unspecified atom stereocenters. The van der Waals surface area contributed by atoms with Crippen molar-refractivity contribution in [3.05, 3.63) is 35.4 Å². The standard InChI is InChI=1S/C27H47N3O3/c1-21-11-9-12-22(17-21)27(32,14-7-8-16-33-6)23-13-10-15-30(20-23)25(31)29-24(19-28-5)18-26(2,3)4/h9,11-12,17,23-24,28,32H,7-8,10,13-16,18-20H2,1-6H3,(H,29,31). The van der Waals surface area contributed by atoms with E-state index < -0.39 is 5.60 Å². The van der Waals surface area contributed by atoms with Crippen molar-refractivity contribution in [2.75, 3.05) is 40.4 Å². The maximum Gasteiger partial charge on any atom is 0.317 e. The van der Waals surface area contributed by atoms with Crippen molar-refractivity contribution in [1.82, 2.24) is 15.5 Å². The van der Waals surface area contributed by atoms with E-state index in [0.717, 1.165) is 56.3 Å². The smallest absolute Gasteiger partial charge is 0.317 e. The number of likely N-dealkylation sites (tertiary alicyclic amines) is 1. The lowest BCUT2D eigenvalue weighted by Gasteiger charge is -2.43. The lowest BCUT2D eigenvalue weighted by Crippen LogP contribution is -2.54. The molecule has 33 heavy (non-hydrogen) atoms. The summed E-state index contributed by atoms with van der Waals surface area (Å²) in [4.78, 5) is 15.1. The third kappa shape index (κ3) is 8.58. The molecule has 1 aromatic carbocycles. The van der Waals surface area contributed by atoms with Crippen LogP contribution in [0.5, 0.6) is 0 Å². The molecule has 6 nitrogen and oxygen atoms in total. The van der Waals surface area contributed by atoms with Crippen molar-refractivity contribution in [2.45, 2.75) is 77.9 Å². The summed E-state index contributed by atoms with van der Waals surface area (Å²) in [6.07, 6.45) is 5.20. The minimum atomic E-state index is -0.950. The highest BCUT2D eigenvalue weighted by Crippen LogP contribution is 2.40. The zero-order valence-corrected chi connectivity index (χ0v) is 21.7. The Morgan fingerprint density at radius 3 is 2.70 bits per heavy atom. The average molecular weight is 462 g/mol. The van der Waals surface area contributed by atoms with E-state index in [9.17, 15) is 9.90 Å². The number of hydrogen-bond acceptors (Lipinski definition) is 4. The van der Waals surface area contributed by atoms with Gasteiger partial charge in [-0.25, -0.2) is 4.79 Å². The van der Waals surface area contributed by atoms with Crippen LogP contribution in [0.2, 0.25) is 0 Å². The van der Waals surface area contributed by atoms with Gasteiger partial charge in [-0.1, -0.05) is 50.6 Å². The Labute approximate surface area is 201 Å². The molecule has 1 aliphatic rings. The maximum atomic E-state index is 13.2. The molecule has 0 radical (unpaired) electrons. The lowest BCUT2D eigenvalue weighted by atomic mass is 9.74. The van der Waals surface area contributed by atoms with E-state index in [1.54, 1.807) is 7.11 Å². The number of benzene rings is 1. The first-order valence-electron chi connectivity index (χ1n) is 12.6. The van der Waals surface area contributed by atoms with Crippen LogP contribution in [0.1, 0.15) is 70.4 Å². The van der Waals surface area contributed by atoms with E-state index >= 15 is 0 Å². The first kappa shape index (κ1) is 27.6. The van der Waals surface area contributed by atoms with Crippen LogP contribution in [0.4, 0.5) is 4.79 Å². The number of amides is 2. The Hall–Kier alpha value is -1.63. The fraction of sp³-hybridized carbons (Fsp3) is 0.741. The first-order valence-corrected chi connectivity index (χ1v) is 12.6. The minimum Gasteiger partial charge on any atom is -0.385 e. The van der Waals surface area contributed by atoms with Gasteiger partial charge in [0, 0.05) is 45.3 Å². The second-order valence-corrected chi connectivity index (χ2v) is 11.0. The van der Waals surface area contributed by atoms with Crippen molar-refractivity contribution >= 4 is 6.03 Å². The number of hydrogen-bond donors (Lipinski definition) is 3. The predicted molar refractivity (Wildman–Crippen MR) is 135 cm³/mol. The predicted octanol–water partition coefficient (Wildman–Crippen LogP) is 4.45. The van der Waals surface area contributed by atoms with Gasteiger partial charge >= 0.3 is 6.03 Å². The van der Waals surface area contributed by atoms with E-state index in [1.807, 2.05) is 24.1 Å². The van der Waals surface area contributed by atoms with Crippen LogP contribution in [0.3, 0.4) is 0 Å². The number of carbonyl (C=O) groups excluding carboxylic acids is 1. The van der Waals surface area contributed by atoms with Crippen LogP contribution in [-0.2, 0) is 10.3 Å². The highest BCUT2D eigenvalue weighted by atomic mass is 16.5. The van der Waals surface area contributed by atoms with Gasteiger partial charge < -0.3 is 25.4 Å². The summed E-state index contributed by atoms with van der Waals surface area (Å²) in [6.45, 7) is 11.4. The number of aryl methyl sites for hydroxylation is 1. The summed E-state index contributed by atoms with van der Waals surface area (Å²) in [7, 11) is 3.63. The second kappa shape index (κ2) is 12.7. The number of aliphatic hydroxyl groups is 1. The summed E-state index contributed by atoms with van der Waals surface area (Å²) in [6, 6.07) is 8.28. The Bertz CT molecular complexity index is 734. The molecule has 0 saturated carbocycles. The summed E-state index contributed by atoms with van der Waals surface area (Å²) >= 11 is 0. The van der Waals surface area contributed by atoms with Crippen molar-refractivity contribution in [3.8, 4) is 0 Å². The molecule has 0 aromatic heterocycles. The average Bonchev–Trinajstić information content (AvgIpc) is 2.75. The summed E-state index contributed by atoms with van der Waals surface area (Å²) < 4.78 is 5.22. The largest absolute Gasteiger partial charge is 0.385 e. The fourth-order valence-electron chi connectivity index (χ4n) is 5.12. The second-order valence-electron chi connectivity index (χ2n) is 11.0. The molecule has 3 N–H and O–H groups in total. The molecule has 3 atom stereocenters. The molecular weight excluding hydrogens is 414 g/mol. The van der Waals surface area contributed by atoms with Crippen LogP contribution < -0.4 is 10.6 Å². The van der Waals surface area contributed by atoms with Gasteiger partial charge in [0.05, 0.1) is 5.60 Å². The van der Waals surface area contributed by atoms with E-state index in [-0.39, 0.29) is 23.4 Å². The molecule has 0 aliphatic carbocycles. The van der Waals surface area contributed by atoms with Gasteiger partial charge in [-0.2, -0.15) is 0 Å². The lowest BCUT2D eigenvalue weighted by molar-refractivity contribution is -0.0564. The van der Waals surface area contributed by atoms with Gasteiger partial charge in [0.2, 0.25) is 0 Å². The molecule has 6 heteroatoms. The number of methoxy groups -OCH3 is 1. The summed E-state index contributed by atoms with van der Waals surface area (Å²) in [5, 5.41) is 18.5. The maximum absolute atomic E-state index is 13.2. The van der Waals surface area contributed by atoms with E-state index in [2.05, 4.69) is 50.5 Å². The van der Waals surface area contributed by atoms with Crippen LogP contribution in [-0.4, -0.2) is 62.5 Å². The van der Waals surface area contributed by atoms with E-state index in [4.69, 9.17) is 4.74 Å². The number of rotatable bonds is 11. The number of nitrogens with zero attached hydrogens (tertiary/aromatic N) is 1. The molecule has 1 fully saturated rings. The Balaban J connectivity index is 2.16. The minimum absolute atomic E-state index is 0.00621. The topological polar surface area (TPSA) is 73.8 Å². The zero-order valence-electron chi connectivity index (χ0n) is 21.7. The Morgan fingerprint density at radius 1 is 1.30 bits per heavy atom. The molecule has 1 aromatic rings. The van der Waals surface area contributed by atoms with Crippen LogP contribution in [0.15, 0.2) is 24.3 Å². The molecule has 1 saturated heterocycles. The number of nitrogens with one attached hydrogen (secondary N) is 2. The SMILES string of the molecule is CNCC(CC(C)(C)C)NC(=O)N1CCCC(C(O)(CCCCOC)c2cccc(C)c2)C1. The van der Waals surface area contributed by atoms with Gasteiger partial charge in [-0.3, -0.25) is 0 Å². The van der Waals surface area contributed by atoms with Crippen LogP contribution in [0, 0.1) is 18.3 Å². The molecule has 2 amide bonds. The molecule has 188 valence electrons. The quantitative estimate of drug-likeness (QED) is 0.426. The number of likely N-dealkylation sites (N-methyl/N-ethyl adjacent to an activating group) is 1. The number of ether oxygens (including phenoxy) is 1. The molecule has 1 heterocycles. The zero-order chi connectivity index (χ0) is 24.5. The third-order valence-corrected chi connectivity index (χ3v) is 6.70. The normalized spacial score (nSPS) is 19.7. The number of unbranched alkanes of at least 4 members (excludes halogenated alkanes) is 1. The van der Waals surface area contributed by atoms with Crippen LogP contribution in [0.25, 0.3) is 0 Å². The monoisotopic (exact) mass is 461 g/mol. The molecule has 2 rings (SSSR count). The van der Waals surface area contributed by atoms with Gasteiger partial charge in [0.25, 0.3) is 0 Å². The van der Waals surface area contributed by atoms with Gasteiger partial charge in [-0.05, 0) is 63.5 Å². The van der Waals surface area contributed by atoms with E-state index in [0.29, 0.717) is 19.6 Å². The van der Waals surface area contributed by atoms with Crippen molar-refractivity contribution in [2.24, 2.45) is 11.3 Å². The summed E-state index contributed by atoms with van der Waals surface area (Å²) in [5.74, 6) is 0.00621. The number of urea groups is 1. The highest BCUT2D eigenvalue weighted by Gasteiger charge is 2.41. The van der Waals surface area contributed by atoms with Crippen molar-refractivity contribution < 1.29 is 14.6 Å². The number of carbonyl (C=O) groups is 1. The first-order chi connectivity index (χ1) is 15.6. The van der Waals surface area contributed by atoms with Gasteiger partial charge in [0.15, 0.2) is 0 Å². The van der Waals surface area contributed by atoms with Gasteiger partial charge in [-0.15, -0.1) is 0 Å². The molecule has 0 spiro atoms. The molecule has 1 aliphatic heterocycles. The van der Waals surface area contributed by atoms with Crippen molar-refractivity contribution in [3.63, 3.8) is 0 Å². The summed E-state index contributed by atoms with van der Waals surface area (Å²) in [5.41, 5.74) is 1.29. The highest BCUT2D eigenvalue weighted by molar-refractivity contribution is 5.74. The Kier molecular flexibility index (Phi) is 10.6. The van der Waals surface area contributed by atoms with Crippen LogP contribution >= 0.6 is 0 Å². The number of piperidine rings is 1. The fourth-order valence-corrected chi connectivity index (χ4v) is 5.12. The molecular formula is C27H47N3O3. The third-order valence-electron chi connectivity index (χ3n) is 6.70. The Morgan fingerprint density at radius 2 is 2.06 bits per heavy atom. The molecule has 0 bridgehead atoms. The van der Waals surface area contributed by atoms with Crippen molar-refractivity contribution in [1.29, 1.82) is 0 Å². The van der Waals surface area contributed by atoms with E-state index in [1.165, 1.54) is 0 Å². The van der Waals surface area contributed by atoms with Gasteiger partial charge in [0.1, 0.15) is 0 Å².